The van der Waals surface area contributed by atoms with Gasteiger partial charge < -0.3 is 14.9 Å². The van der Waals surface area contributed by atoms with Crippen molar-refractivity contribution in [1.29, 1.82) is 0 Å². The Morgan fingerprint density at radius 2 is 2.00 bits per heavy atom. The smallest absolute Gasteiger partial charge is 0.161 e. The third-order valence-corrected chi connectivity index (χ3v) is 6.09. The average molecular weight is 357 g/mol. The Bertz CT molecular complexity index is 653. The molecule has 2 atom stereocenters. The Balaban J connectivity index is 1.45. The molecule has 1 aromatic rings. The van der Waals surface area contributed by atoms with E-state index in [9.17, 15) is 0 Å². The van der Waals surface area contributed by atoms with Gasteiger partial charge in [-0.15, -0.1) is 0 Å². The SMILES string of the molecule is CCCCCCOc1ccc(C2NN=C3C4CCN(CC4)C32)cc1OC. The highest BCUT2D eigenvalue weighted by Crippen LogP contribution is 2.40. The Labute approximate surface area is 156 Å². The predicted octanol–water partition coefficient (Wildman–Crippen LogP) is 3.75. The van der Waals surface area contributed by atoms with Gasteiger partial charge in [0, 0.05) is 5.92 Å². The molecule has 2 bridgehead atoms. The van der Waals surface area contributed by atoms with Crippen LogP contribution in [0.2, 0.25) is 0 Å². The van der Waals surface area contributed by atoms with E-state index in [1.165, 1.54) is 56.5 Å². The third kappa shape index (κ3) is 3.29. The van der Waals surface area contributed by atoms with Gasteiger partial charge in [0.15, 0.2) is 11.5 Å². The quantitative estimate of drug-likeness (QED) is 0.720. The van der Waals surface area contributed by atoms with Crippen LogP contribution in [0.3, 0.4) is 0 Å². The maximum Gasteiger partial charge on any atom is 0.161 e. The predicted molar refractivity (Wildman–Crippen MR) is 104 cm³/mol. The molecule has 142 valence electrons. The molecular weight excluding hydrogens is 326 g/mol. The first-order valence-corrected chi connectivity index (χ1v) is 10.2. The molecule has 4 heterocycles. The number of unbranched alkanes of at least 4 members (excludes halogenated alkanes) is 3. The molecule has 1 N–H and O–H groups in total. The van der Waals surface area contributed by atoms with Crippen LogP contribution in [0.5, 0.6) is 11.5 Å². The zero-order valence-corrected chi connectivity index (χ0v) is 16.0. The van der Waals surface area contributed by atoms with Crippen LogP contribution in [-0.2, 0) is 0 Å². The van der Waals surface area contributed by atoms with E-state index in [4.69, 9.17) is 14.6 Å². The molecule has 4 aliphatic heterocycles. The van der Waals surface area contributed by atoms with Gasteiger partial charge in [0.2, 0.25) is 0 Å². The summed E-state index contributed by atoms with van der Waals surface area (Å²) in [5.74, 6) is 2.34. The molecule has 2 unspecified atom stereocenters. The highest BCUT2D eigenvalue weighted by atomic mass is 16.5. The minimum atomic E-state index is 0.223. The van der Waals surface area contributed by atoms with E-state index in [1.807, 2.05) is 0 Å². The van der Waals surface area contributed by atoms with Crippen molar-refractivity contribution in [1.82, 2.24) is 10.3 Å². The molecule has 3 fully saturated rings. The Hall–Kier alpha value is -1.75. The summed E-state index contributed by atoms with van der Waals surface area (Å²) < 4.78 is 11.6. The van der Waals surface area contributed by atoms with Crippen LogP contribution in [0.15, 0.2) is 23.3 Å². The van der Waals surface area contributed by atoms with Crippen molar-refractivity contribution in [2.75, 3.05) is 26.8 Å². The van der Waals surface area contributed by atoms with Crippen molar-refractivity contribution in [3.8, 4) is 11.5 Å². The molecule has 5 rings (SSSR count). The monoisotopic (exact) mass is 357 g/mol. The standard InChI is InChI=1S/C21H31N3O2/c1-3-4-5-6-13-26-17-8-7-16(14-18(17)25-2)20-21-19(22-23-20)15-9-11-24(21)12-10-15/h7-8,14-15,20-21,23H,3-6,9-13H2,1-2H3. The van der Waals surface area contributed by atoms with Gasteiger partial charge in [0.1, 0.15) is 0 Å². The first-order valence-electron chi connectivity index (χ1n) is 10.2. The van der Waals surface area contributed by atoms with Crippen molar-refractivity contribution in [3.63, 3.8) is 0 Å². The van der Waals surface area contributed by atoms with E-state index in [-0.39, 0.29) is 6.04 Å². The summed E-state index contributed by atoms with van der Waals surface area (Å²) in [7, 11) is 1.72. The molecule has 3 saturated heterocycles. The number of nitrogens with one attached hydrogen (secondary N) is 1. The van der Waals surface area contributed by atoms with E-state index in [0.717, 1.165) is 24.5 Å². The minimum absolute atomic E-state index is 0.223. The normalized spacial score (nSPS) is 29.1. The second kappa shape index (κ2) is 7.87. The van der Waals surface area contributed by atoms with Crippen molar-refractivity contribution in [2.24, 2.45) is 11.0 Å². The molecule has 5 nitrogen and oxygen atoms in total. The van der Waals surface area contributed by atoms with Crippen molar-refractivity contribution < 1.29 is 9.47 Å². The van der Waals surface area contributed by atoms with Crippen LogP contribution in [-0.4, -0.2) is 43.5 Å². The average Bonchev–Trinajstić information content (AvgIpc) is 3.16. The summed E-state index contributed by atoms with van der Waals surface area (Å²) in [5, 5.41) is 4.71. The number of hydrogen-bond acceptors (Lipinski definition) is 5. The van der Waals surface area contributed by atoms with E-state index < -0.39 is 0 Å². The number of ether oxygens (including phenoxy) is 2. The zero-order chi connectivity index (χ0) is 17.9. The number of fused-ring (bicyclic) bond motifs is 2. The van der Waals surface area contributed by atoms with Crippen LogP contribution in [0.4, 0.5) is 0 Å². The number of rotatable bonds is 8. The summed E-state index contributed by atoms with van der Waals surface area (Å²) in [6.45, 7) is 5.37. The van der Waals surface area contributed by atoms with Crippen LogP contribution in [0.25, 0.3) is 0 Å². The number of hydrogen-bond donors (Lipinski definition) is 1. The van der Waals surface area contributed by atoms with Gasteiger partial charge in [-0.2, -0.15) is 5.10 Å². The van der Waals surface area contributed by atoms with Gasteiger partial charge >= 0.3 is 0 Å². The second-order valence-electron chi connectivity index (χ2n) is 7.72. The zero-order valence-electron chi connectivity index (χ0n) is 16.0. The molecule has 0 aliphatic carbocycles. The van der Waals surface area contributed by atoms with Gasteiger partial charge in [-0.05, 0) is 50.0 Å². The van der Waals surface area contributed by atoms with Gasteiger partial charge in [0.25, 0.3) is 0 Å². The lowest BCUT2D eigenvalue weighted by Crippen LogP contribution is -2.56. The summed E-state index contributed by atoms with van der Waals surface area (Å²) in [4.78, 5) is 2.59. The molecule has 0 amide bonds. The molecular formula is C21H31N3O2. The van der Waals surface area contributed by atoms with Crippen LogP contribution in [0, 0.1) is 5.92 Å². The van der Waals surface area contributed by atoms with Gasteiger partial charge in [0.05, 0.1) is 31.5 Å². The van der Waals surface area contributed by atoms with Crippen molar-refractivity contribution in [2.45, 2.75) is 57.5 Å². The number of methoxy groups -OCH3 is 1. The highest BCUT2D eigenvalue weighted by molar-refractivity contribution is 5.95. The maximum absolute atomic E-state index is 5.96. The lowest BCUT2D eigenvalue weighted by molar-refractivity contribution is 0.133. The summed E-state index contributed by atoms with van der Waals surface area (Å²) in [6.07, 6.45) is 7.36. The largest absolute Gasteiger partial charge is 0.493 e. The number of benzene rings is 1. The second-order valence-corrected chi connectivity index (χ2v) is 7.72. The van der Waals surface area contributed by atoms with Crippen LogP contribution in [0.1, 0.15) is 57.1 Å². The minimum Gasteiger partial charge on any atom is -0.493 e. The fourth-order valence-electron chi connectivity index (χ4n) is 4.62. The molecule has 0 aromatic heterocycles. The lowest BCUT2D eigenvalue weighted by atomic mass is 9.78. The Morgan fingerprint density at radius 3 is 2.77 bits per heavy atom. The van der Waals surface area contributed by atoms with Gasteiger partial charge in [-0.25, -0.2) is 0 Å². The fraction of sp³-hybridized carbons (Fsp3) is 0.667. The van der Waals surface area contributed by atoms with Crippen LogP contribution < -0.4 is 14.9 Å². The molecule has 0 saturated carbocycles. The maximum atomic E-state index is 5.96. The number of hydrazone groups is 1. The fourth-order valence-corrected chi connectivity index (χ4v) is 4.62. The molecule has 0 radical (unpaired) electrons. The Kier molecular flexibility index (Phi) is 5.34. The van der Waals surface area contributed by atoms with Crippen molar-refractivity contribution in [3.05, 3.63) is 23.8 Å². The van der Waals surface area contributed by atoms with Crippen molar-refractivity contribution >= 4 is 5.71 Å². The first kappa shape index (κ1) is 17.7. The highest BCUT2D eigenvalue weighted by Gasteiger charge is 2.46. The van der Waals surface area contributed by atoms with E-state index >= 15 is 0 Å². The Morgan fingerprint density at radius 1 is 1.15 bits per heavy atom. The summed E-state index contributed by atoms with van der Waals surface area (Å²) >= 11 is 0. The summed E-state index contributed by atoms with van der Waals surface area (Å²) in [5.41, 5.74) is 6.00. The number of nitrogens with zero attached hydrogens (tertiary/aromatic N) is 2. The van der Waals surface area contributed by atoms with Crippen LogP contribution >= 0.6 is 0 Å². The third-order valence-electron chi connectivity index (χ3n) is 6.09. The first-order chi connectivity index (χ1) is 12.8. The summed E-state index contributed by atoms with van der Waals surface area (Å²) in [6, 6.07) is 6.99. The molecule has 26 heavy (non-hydrogen) atoms. The van der Waals surface area contributed by atoms with E-state index in [0.29, 0.717) is 12.0 Å². The molecule has 1 aromatic carbocycles. The topological polar surface area (TPSA) is 46.1 Å². The van der Waals surface area contributed by atoms with Gasteiger partial charge in [-0.1, -0.05) is 32.3 Å². The molecule has 4 aliphatic rings. The lowest BCUT2D eigenvalue weighted by Gasteiger charge is -2.45. The van der Waals surface area contributed by atoms with E-state index in [2.05, 4.69) is 35.4 Å². The molecule has 5 heteroatoms. The molecule has 0 spiro atoms. The van der Waals surface area contributed by atoms with E-state index in [1.54, 1.807) is 7.11 Å². The van der Waals surface area contributed by atoms with Gasteiger partial charge in [-0.3, -0.25) is 4.90 Å². The number of piperidine rings is 3.